The molecule has 1 unspecified atom stereocenters. The molecule has 3 rings (SSSR count). The Morgan fingerprint density at radius 2 is 1.71 bits per heavy atom. The minimum absolute atomic E-state index is 0.0384. The number of nitrogens with zero attached hydrogens (tertiary/aromatic N) is 2. The molecule has 1 atom stereocenters. The molecule has 2 aromatic rings. The first-order valence-electron chi connectivity index (χ1n) is 9.82. The fourth-order valence-electron chi connectivity index (χ4n) is 3.77. The van der Waals surface area contributed by atoms with E-state index in [9.17, 15) is 9.59 Å². The van der Waals surface area contributed by atoms with Gasteiger partial charge in [0, 0.05) is 26.8 Å². The Kier molecular flexibility index (Phi) is 6.34. The van der Waals surface area contributed by atoms with E-state index < -0.39 is 0 Å². The van der Waals surface area contributed by atoms with E-state index in [0.29, 0.717) is 6.42 Å². The van der Waals surface area contributed by atoms with Gasteiger partial charge in [-0.05, 0) is 42.0 Å². The molecule has 2 amide bonds. The SMILES string of the molecule is CN(C)C(=O)Cc1ccccc1NCC(=O)N(C)C1CCCc2ccccc21. The average molecular weight is 380 g/mol. The Labute approximate surface area is 167 Å². The lowest BCUT2D eigenvalue weighted by atomic mass is 9.87. The molecule has 5 heteroatoms. The molecule has 5 nitrogen and oxygen atoms in total. The molecular weight excluding hydrogens is 350 g/mol. The van der Waals surface area contributed by atoms with E-state index >= 15 is 0 Å². The predicted octanol–water partition coefficient (Wildman–Crippen LogP) is 3.27. The predicted molar refractivity (Wildman–Crippen MR) is 112 cm³/mol. The van der Waals surface area contributed by atoms with Gasteiger partial charge in [-0.25, -0.2) is 0 Å². The molecule has 1 N–H and O–H groups in total. The van der Waals surface area contributed by atoms with E-state index in [4.69, 9.17) is 0 Å². The van der Waals surface area contributed by atoms with Crippen LogP contribution in [0.2, 0.25) is 0 Å². The largest absolute Gasteiger partial charge is 0.376 e. The zero-order valence-electron chi connectivity index (χ0n) is 16.9. The summed E-state index contributed by atoms with van der Waals surface area (Å²) in [5.74, 6) is 0.0898. The van der Waals surface area contributed by atoms with Gasteiger partial charge >= 0.3 is 0 Å². The van der Waals surface area contributed by atoms with Crippen molar-refractivity contribution in [3.8, 4) is 0 Å². The van der Waals surface area contributed by atoms with Crippen LogP contribution in [-0.4, -0.2) is 49.3 Å². The van der Waals surface area contributed by atoms with Crippen molar-refractivity contribution in [2.75, 3.05) is 33.0 Å². The summed E-state index contributed by atoms with van der Waals surface area (Å²) in [5, 5.41) is 3.24. The van der Waals surface area contributed by atoms with Crippen LogP contribution in [0.15, 0.2) is 48.5 Å². The van der Waals surface area contributed by atoms with Crippen molar-refractivity contribution in [2.24, 2.45) is 0 Å². The van der Waals surface area contributed by atoms with E-state index in [-0.39, 0.29) is 24.4 Å². The first kappa shape index (κ1) is 19.9. The molecule has 0 saturated carbocycles. The topological polar surface area (TPSA) is 52.7 Å². The second-order valence-corrected chi connectivity index (χ2v) is 7.59. The lowest BCUT2D eigenvalue weighted by molar-refractivity contribution is -0.130. The van der Waals surface area contributed by atoms with E-state index in [0.717, 1.165) is 30.5 Å². The molecule has 2 aromatic carbocycles. The van der Waals surface area contributed by atoms with Crippen LogP contribution in [0.25, 0.3) is 0 Å². The first-order chi connectivity index (χ1) is 13.5. The van der Waals surface area contributed by atoms with Gasteiger partial charge in [0.2, 0.25) is 11.8 Å². The van der Waals surface area contributed by atoms with Crippen LogP contribution in [0.5, 0.6) is 0 Å². The Balaban J connectivity index is 1.66. The molecule has 0 aromatic heterocycles. The van der Waals surface area contributed by atoms with Crippen LogP contribution in [-0.2, 0) is 22.4 Å². The van der Waals surface area contributed by atoms with Gasteiger partial charge in [-0.3, -0.25) is 9.59 Å². The number of amides is 2. The van der Waals surface area contributed by atoms with Gasteiger partial charge in [0.1, 0.15) is 0 Å². The van der Waals surface area contributed by atoms with Crippen LogP contribution in [0, 0.1) is 0 Å². The van der Waals surface area contributed by atoms with Crippen molar-refractivity contribution < 1.29 is 9.59 Å². The summed E-state index contributed by atoms with van der Waals surface area (Å²) in [4.78, 5) is 28.4. The van der Waals surface area contributed by atoms with Gasteiger partial charge in [0.15, 0.2) is 0 Å². The highest BCUT2D eigenvalue weighted by Gasteiger charge is 2.26. The molecule has 0 spiro atoms. The highest BCUT2D eigenvalue weighted by atomic mass is 16.2. The minimum atomic E-state index is 0.0384. The number of nitrogens with one attached hydrogen (secondary N) is 1. The maximum atomic E-state index is 12.9. The number of para-hydroxylation sites is 1. The molecule has 0 fully saturated rings. The number of carbonyl (C=O) groups excluding carboxylic acids is 2. The molecule has 148 valence electrons. The van der Waals surface area contributed by atoms with Crippen molar-refractivity contribution in [1.82, 2.24) is 9.80 Å². The van der Waals surface area contributed by atoms with Crippen LogP contribution in [0.3, 0.4) is 0 Å². The Morgan fingerprint density at radius 3 is 2.50 bits per heavy atom. The zero-order valence-corrected chi connectivity index (χ0v) is 16.9. The molecule has 1 aliphatic carbocycles. The van der Waals surface area contributed by atoms with Gasteiger partial charge < -0.3 is 15.1 Å². The summed E-state index contributed by atoms with van der Waals surface area (Å²) < 4.78 is 0. The smallest absolute Gasteiger partial charge is 0.242 e. The summed E-state index contributed by atoms with van der Waals surface area (Å²) in [6, 6.07) is 16.2. The third-order valence-electron chi connectivity index (χ3n) is 5.49. The number of anilines is 1. The quantitative estimate of drug-likeness (QED) is 0.838. The highest BCUT2D eigenvalue weighted by molar-refractivity contribution is 5.83. The standard InChI is InChI=1S/C23H29N3O2/c1-25(2)22(27)15-18-10-5-7-13-20(18)24-16-23(28)26(3)21-14-8-11-17-9-4-6-12-19(17)21/h4-7,9-10,12-13,21,24H,8,11,14-16H2,1-3H3. The van der Waals surface area contributed by atoms with Gasteiger partial charge in [-0.1, -0.05) is 42.5 Å². The highest BCUT2D eigenvalue weighted by Crippen LogP contribution is 2.33. The lowest BCUT2D eigenvalue weighted by Gasteiger charge is -2.33. The Morgan fingerprint density at radius 1 is 1.00 bits per heavy atom. The van der Waals surface area contributed by atoms with E-state index in [1.807, 2.05) is 42.3 Å². The molecule has 0 radical (unpaired) electrons. The molecule has 0 saturated heterocycles. The first-order valence-corrected chi connectivity index (χ1v) is 9.82. The molecule has 0 aliphatic heterocycles. The summed E-state index contributed by atoms with van der Waals surface area (Å²) in [5.41, 5.74) is 4.35. The number of carbonyl (C=O) groups is 2. The minimum Gasteiger partial charge on any atom is -0.376 e. The monoisotopic (exact) mass is 379 g/mol. The number of aryl methyl sites for hydroxylation is 1. The average Bonchev–Trinajstić information content (AvgIpc) is 2.71. The number of benzene rings is 2. The van der Waals surface area contributed by atoms with Crippen LogP contribution in [0.1, 0.15) is 35.6 Å². The number of hydrogen-bond acceptors (Lipinski definition) is 3. The van der Waals surface area contributed by atoms with Crippen LogP contribution < -0.4 is 5.32 Å². The number of fused-ring (bicyclic) bond motifs is 1. The molecule has 0 bridgehead atoms. The normalized spacial score (nSPS) is 15.5. The van der Waals surface area contributed by atoms with Gasteiger partial charge in [-0.2, -0.15) is 0 Å². The Bertz CT molecular complexity index is 847. The zero-order chi connectivity index (χ0) is 20.1. The second-order valence-electron chi connectivity index (χ2n) is 7.59. The van der Waals surface area contributed by atoms with E-state index in [2.05, 4.69) is 23.5 Å². The second kappa shape index (κ2) is 8.91. The maximum Gasteiger partial charge on any atom is 0.242 e. The summed E-state index contributed by atoms with van der Waals surface area (Å²) in [7, 11) is 5.38. The molecule has 1 aliphatic rings. The van der Waals surface area contributed by atoms with Gasteiger partial charge in [0.25, 0.3) is 0 Å². The number of rotatable bonds is 6. The van der Waals surface area contributed by atoms with Crippen molar-refractivity contribution >= 4 is 17.5 Å². The van der Waals surface area contributed by atoms with Crippen molar-refractivity contribution in [2.45, 2.75) is 31.7 Å². The molecule has 0 heterocycles. The number of hydrogen-bond donors (Lipinski definition) is 1. The summed E-state index contributed by atoms with van der Waals surface area (Å²) >= 11 is 0. The fourth-order valence-corrected chi connectivity index (χ4v) is 3.77. The Hall–Kier alpha value is -2.82. The third-order valence-corrected chi connectivity index (χ3v) is 5.49. The number of likely N-dealkylation sites (N-methyl/N-ethyl adjacent to an activating group) is 2. The lowest BCUT2D eigenvalue weighted by Crippen LogP contribution is -2.37. The van der Waals surface area contributed by atoms with Gasteiger partial charge in [-0.15, -0.1) is 0 Å². The maximum absolute atomic E-state index is 12.9. The molecule has 28 heavy (non-hydrogen) atoms. The fraction of sp³-hybridized carbons (Fsp3) is 0.391. The van der Waals surface area contributed by atoms with E-state index in [1.54, 1.807) is 19.0 Å². The van der Waals surface area contributed by atoms with Crippen LogP contribution >= 0.6 is 0 Å². The van der Waals surface area contributed by atoms with Gasteiger partial charge in [0.05, 0.1) is 19.0 Å². The third kappa shape index (κ3) is 4.53. The van der Waals surface area contributed by atoms with E-state index in [1.165, 1.54) is 11.1 Å². The molecular formula is C23H29N3O2. The summed E-state index contributed by atoms with van der Waals surface area (Å²) in [6.45, 7) is 0.211. The van der Waals surface area contributed by atoms with Crippen molar-refractivity contribution in [1.29, 1.82) is 0 Å². The van der Waals surface area contributed by atoms with Crippen molar-refractivity contribution in [3.63, 3.8) is 0 Å². The van der Waals surface area contributed by atoms with Crippen molar-refractivity contribution in [3.05, 3.63) is 65.2 Å². The summed E-state index contributed by atoms with van der Waals surface area (Å²) in [6.07, 6.45) is 3.49. The van der Waals surface area contributed by atoms with Crippen LogP contribution in [0.4, 0.5) is 5.69 Å².